The maximum Gasteiger partial charge on any atom is 0.234 e. The highest BCUT2D eigenvalue weighted by molar-refractivity contribution is 9.10. The van der Waals surface area contributed by atoms with E-state index in [0.29, 0.717) is 16.5 Å². The average molecular weight is 245 g/mol. The van der Waals surface area contributed by atoms with E-state index in [4.69, 9.17) is 0 Å². The molecule has 5 heteroatoms. The fourth-order valence-corrected chi connectivity index (χ4v) is 1.24. The van der Waals surface area contributed by atoms with Crippen LogP contribution in [0.1, 0.15) is 5.56 Å². The number of carbonyl (C=O) groups excluding carboxylic acids is 1. The lowest BCUT2D eigenvalue weighted by Crippen LogP contribution is -1.96. The van der Waals surface area contributed by atoms with Gasteiger partial charge in [0.2, 0.25) is 12.0 Å². The van der Waals surface area contributed by atoms with Crippen molar-refractivity contribution in [3.63, 3.8) is 0 Å². The third-order valence-corrected chi connectivity index (χ3v) is 1.87. The number of aliphatic imine (C=N–C) groups is 1. The summed E-state index contributed by atoms with van der Waals surface area (Å²) in [4.78, 5) is 16.6. The van der Waals surface area contributed by atoms with Crippen LogP contribution < -0.4 is 0 Å². The number of isocyanates is 1. The maximum atomic E-state index is 12.9. The minimum atomic E-state index is -0.524. The summed E-state index contributed by atoms with van der Waals surface area (Å²) in [6.45, 7) is 0.235. The average Bonchev–Trinajstić information content (AvgIpc) is 2.11. The lowest BCUT2D eigenvalue weighted by molar-refractivity contribution is 0.558. The first kappa shape index (κ1) is 10.0. The molecule has 0 saturated heterocycles. The molecule has 0 N–H and O–H groups in total. The van der Waals surface area contributed by atoms with Crippen molar-refractivity contribution in [2.75, 3.05) is 6.54 Å². The molecule has 0 radical (unpaired) electrons. The summed E-state index contributed by atoms with van der Waals surface area (Å²) in [7, 11) is 0. The zero-order chi connectivity index (χ0) is 9.68. The molecule has 0 atom stereocenters. The van der Waals surface area contributed by atoms with Gasteiger partial charge in [-0.2, -0.15) is 4.39 Å². The van der Waals surface area contributed by atoms with Gasteiger partial charge in [0.15, 0.2) is 0 Å². The summed E-state index contributed by atoms with van der Waals surface area (Å²) >= 11 is 3.17. The van der Waals surface area contributed by atoms with Gasteiger partial charge in [-0.1, -0.05) is 0 Å². The molecule has 0 aliphatic carbocycles. The standard InChI is InChI=1S/C8H6BrFN2O/c9-7-3-6(1-2-11-5-13)8(10)12-4-7/h3-4H,1-2H2. The summed E-state index contributed by atoms with van der Waals surface area (Å²) in [5, 5.41) is 0. The third-order valence-electron chi connectivity index (χ3n) is 1.44. The lowest BCUT2D eigenvalue weighted by Gasteiger charge is -1.99. The molecule has 13 heavy (non-hydrogen) atoms. The van der Waals surface area contributed by atoms with Crippen LogP contribution in [0.2, 0.25) is 0 Å². The Hall–Kier alpha value is -1.06. The summed E-state index contributed by atoms with van der Waals surface area (Å²) in [5.41, 5.74) is 0.438. The van der Waals surface area contributed by atoms with E-state index in [1.165, 1.54) is 12.3 Å². The molecule has 1 aromatic heterocycles. The van der Waals surface area contributed by atoms with Crippen molar-refractivity contribution in [1.29, 1.82) is 0 Å². The van der Waals surface area contributed by atoms with Gasteiger partial charge in [-0.15, -0.1) is 0 Å². The van der Waals surface area contributed by atoms with E-state index in [1.807, 2.05) is 0 Å². The second kappa shape index (κ2) is 4.84. The number of rotatable bonds is 3. The molecular weight excluding hydrogens is 239 g/mol. The normalized spacial score (nSPS) is 9.38. The van der Waals surface area contributed by atoms with Crippen LogP contribution in [0.3, 0.4) is 0 Å². The van der Waals surface area contributed by atoms with E-state index >= 15 is 0 Å². The number of hydrogen-bond donors (Lipinski definition) is 0. The number of nitrogens with zero attached hydrogens (tertiary/aromatic N) is 2. The number of aromatic nitrogens is 1. The van der Waals surface area contributed by atoms with Crippen LogP contribution in [0, 0.1) is 5.95 Å². The van der Waals surface area contributed by atoms with Crippen LogP contribution >= 0.6 is 15.9 Å². The van der Waals surface area contributed by atoms with Crippen LogP contribution in [-0.4, -0.2) is 17.6 Å². The summed E-state index contributed by atoms with van der Waals surface area (Å²) < 4.78 is 13.6. The molecule has 1 aromatic rings. The molecule has 0 bridgehead atoms. The predicted molar refractivity (Wildman–Crippen MR) is 48.6 cm³/mol. The smallest absolute Gasteiger partial charge is 0.227 e. The zero-order valence-corrected chi connectivity index (χ0v) is 8.21. The first-order valence-corrected chi connectivity index (χ1v) is 4.37. The Bertz CT molecular complexity index is 350. The number of pyridine rings is 1. The van der Waals surface area contributed by atoms with Gasteiger partial charge in [0.05, 0.1) is 6.54 Å². The van der Waals surface area contributed by atoms with E-state index in [9.17, 15) is 9.18 Å². The highest BCUT2D eigenvalue weighted by atomic mass is 79.9. The highest BCUT2D eigenvalue weighted by Gasteiger charge is 2.02. The Morgan fingerprint density at radius 3 is 3.15 bits per heavy atom. The van der Waals surface area contributed by atoms with Crippen LogP contribution in [-0.2, 0) is 11.2 Å². The first-order valence-electron chi connectivity index (χ1n) is 3.57. The molecule has 0 amide bonds. The maximum absolute atomic E-state index is 12.9. The van der Waals surface area contributed by atoms with Gasteiger partial charge in [-0.05, 0) is 28.4 Å². The Morgan fingerprint density at radius 2 is 2.46 bits per heavy atom. The molecule has 1 heterocycles. The van der Waals surface area contributed by atoms with Crippen molar-refractivity contribution in [3.05, 3.63) is 28.2 Å². The molecule has 0 aliphatic heterocycles. The molecule has 0 spiro atoms. The molecule has 0 aliphatic rings. The minimum Gasteiger partial charge on any atom is -0.227 e. The van der Waals surface area contributed by atoms with E-state index < -0.39 is 5.95 Å². The predicted octanol–water partition coefficient (Wildman–Crippen LogP) is 1.86. The molecule has 0 aromatic carbocycles. The van der Waals surface area contributed by atoms with Crippen LogP contribution in [0.25, 0.3) is 0 Å². The second-order valence-electron chi connectivity index (χ2n) is 2.33. The van der Waals surface area contributed by atoms with Crippen molar-refractivity contribution >= 4 is 22.0 Å². The molecule has 0 unspecified atom stereocenters. The molecular formula is C8H6BrFN2O. The first-order chi connectivity index (χ1) is 6.24. The largest absolute Gasteiger partial charge is 0.234 e. The molecule has 3 nitrogen and oxygen atoms in total. The second-order valence-corrected chi connectivity index (χ2v) is 3.24. The van der Waals surface area contributed by atoms with Crippen molar-refractivity contribution < 1.29 is 9.18 Å². The van der Waals surface area contributed by atoms with Crippen LogP contribution in [0.5, 0.6) is 0 Å². The zero-order valence-electron chi connectivity index (χ0n) is 6.63. The van der Waals surface area contributed by atoms with Crippen molar-refractivity contribution in [3.8, 4) is 0 Å². The van der Waals surface area contributed by atoms with E-state index in [-0.39, 0.29) is 6.54 Å². The van der Waals surface area contributed by atoms with Gasteiger partial charge in [0, 0.05) is 16.2 Å². The summed E-state index contributed by atoms with van der Waals surface area (Å²) in [5.74, 6) is -0.524. The molecule has 1 rings (SSSR count). The Balaban J connectivity index is 2.75. The van der Waals surface area contributed by atoms with E-state index in [0.717, 1.165) is 0 Å². The summed E-state index contributed by atoms with van der Waals surface area (Å²) in [6, 6.07) is 1.61. The fourth-order valence-electron chi connectivity index (χ4n) is 0.862. The van der Waals surface area contributed by atoms with Gasteiger partial charge in [-0.3, -0.25) is 0 Å². The van der Waals surface area contributed by atoms with Gasteiger partial charge >= 0.3 is 0 Å². The van der Waals surface area contributed by atoms with Crippen molar-refractivity contribution in [2.45, 2.75) is 6.42 Å². The van der Waals surface area contributed by atoms with Gasteiger partial charge in [-0.25, -0.2) is 14.8 Å². The number of hydrogen-bond acceptors (Lipinski definition) is 3. The molecule has 0 saturated carbocycles. The van der Waals surface area contributed by atoms with Crippen LogP contribution in [0.15, 0.2) is 21.7 Å². The van der Waals surface area contributed by atoms with E-state index in [2.05, 4.69) is 25.9 Å². The van der Waals surface area contributed by atoms with Crippen molar-refractivity contribution in [1.82, 2.24) is 4.98 Å². The Morgan fingerprint density at radius 1 is 1.69 bits per heavy atom. The van der Waals surface area contributed by atoms with Gasteiger partial charge in [0.25, 0.3) is 0 Å². The number of halogens is 2. The lowest BCUT2D eigenvalue weighted by atomic mass is 10.2. The summed E-state index contributed by atoms with van der Waals surface area (Å²) in [6.07, 6.45) is 3.12. The highest BCUT2D eigenvalue weighted by Crippen LogP contribution is 2.13. The Labute approximate surface area is 82.8 Å². The van der Waals surface area contributed by atoms with E-state index in [1.54, 1.807) is 6.07 Å². The fraction of sp³-hybridized carbons (Fsp3) is 0.250. The monoisotopic (exact) mass is 244 g/mol. The Kier molecular flexibility index (Phi) is 3.73. The molecule has 68 valence electrons. The topological polar surface area (TPSA) is 42.3 Å². The molecule has 0 fully saturated rings. The van der Waals surface area contributed by atoms with Gasteiger partial charge in [0.1, 0.15) is 0 Å². The quantitative estimate of drug-likeness (QED) is 0.463. The van der Waals surface area contributed by atoms with Crippen molar-refractivity contribution in [2.24, 2.45) is 4.99 Å². The minimum absolute atomic E-state index is 0.235. The third kappa shape index (κ3) is 3.05. The van der Waals surface area contributed by atoms with Gasteiger partial charge < -0.3 is 0 Å². The SMILES string of the molecule is O=C=NCCc1cc(Br)cnc1F. The van der Waals surface area contributed by atoms with Crippen LogP contribution in [0.4, 0.5) is 4.39 Å².